The number of esters is 1. The van der Waals surface area contributed by atoms with E-state index in [1.165, 1.54) is 0 Å². The van der Waals surface area contributed by atoms with Crippen LogP contribution in [-0.4, -0.2) is 61.7 Å². The molecule has 2 aromatic carbocycles. The Hall–Kier alpha value is -3.45. The molecule has 3 aromatic rings. The summed E-state index contributed by atoms with van der Waals surface area (Å²) < 4.78 is 10.7. The normalized spacial score (nSPS) is 13.9. The first-order valence-corrected chi connectivity index (χ1v) is 10.7. The molecule has 0 unspecified atom stereocenters. The van der Waals surface area contributed by atoms with E-state index in [1.54, 1.807) is 12.0 Å². The maximum Gasteiger partial charge on any atom is 0.340 e. The third-order valence-corrected chi connectivity index (χ3v) is 5.79. The van der Waals surface area contributed by atoms with E-state index >= 15 is 0 Å². The highest BCUT2D eigenvalue weighted by atomic mass is 16.5. The van der Waals surface area contributed by atoms with E-state index in [9.17, 15) is 9.59 Å². The van der Waals surface area contributed by atoms with Crippen molar-refractivity contribution in [1.82, 2.24) is 9.88 Å². The van der Waals surface area contributed by atoms with Crippen LogP contribution in [0.3, 0.4) is 0 Å². The summed E-state index contributed by atoms with van der Waals surface area (Å²) in [7, 11) is 1.56. The van der Waals surface area contributed by atoms with Crippen molar-refractivity contribution < 1.29 is 19.1 Å². The second-order valence-corrected chi connectivity index (χ2v) is 7.79. The number of benzene rings is 2. The van der Waals surface area contributed by atoms with Gasteiger partial charge >= 0.3 is 5.97 Å². The number of aromatic nitrogens is 1. The second-order valence-electron chi connectivity index (χ2n) is 7.79. The van der Waals surface area contributed by atoms with Crippen molar-refractivity contribution in [3.05, 3.63) is 71.4 Å². The molecule has 0 atom stereocenters. The number of pyridine rings is 1. The maximum absolute atomic E-state index is 12.9. The Bertz CT molecular complexity index is 1110. The molecular weight excluding hydrogens is 406 g/mol. The Balaban J connectivity index is 1.40. The molecule has 0 radical (unpaired) electrons. The number of para-hydroxylation sites is 2. The van der Waals surface area contributed by atoms with Gasteiger partial charge in [0.15, 0.2) is 6.61 Å². The summed E-state index contributed by atoms with van der Waals surface area (Å²) >= 11 is 0. The number of fused-ring (bicyclic) bond motifs is 1. The van der Waals surface area contributed by atoms with E-state index in [0.29, 0.717) is 24.3 Å². The van der Waals surface area contributed by atoms with Gasteiger partial charge in [0.05, 0.1) is 23.4 Å². The molecule has 7 nitrogen and oxygen atoms in total. The number of piperazine rings is 1. The number of nitrogens with zero attached hydrogens (tertiary/aromatic N) is 3. The zero-order valence-electron chi connectivity index (χ0n) is 18.4. The lowest BCUT2D eigenvalue weighted by atomic mass is 10.0. The van der Waals surface area contributed by atoms with Crippen LogP contribution in [0.25, 0.3) is 10.9 Å². The van der Waals surface area contributed by atoms with E-state index < -0.39 is 5.97 Å². The van der Waals surface area contributed by atoms with Crippen LogP contribution >= 0.6 is 0 Å². The SMILES string of the molecule is COCc1nc2ccccc2c(C)c1C(=O)OCC(=O)N1CCN(c2ccccc2)CC1. The Morgan fingerprint density at radius 1 is 0.969 bits per heavy atom. The molecule has 1 aliphatic rings. The topological polar surface area (TPSA) is 72.0 Å². The predicted octanol–water partition coefficient (Wildman–Crippen LogP) is 3.20. The number of amides is 1. The molecular formula is C25H27N3O4. The zero-order valence-corrected chi connectivity index (χ0v) is 18.4. The lowest BCUT2D eigenvalue weighted by Gasteiger charge is -2.36. The standard InChI is InChI=1S/C25H27N3O4/c1-18-20-10-6-7-11-21(20)26-22(16-31-2)24(18)25(30)32-17-23(29)28-14-12-27(13-15-28)19-8-4-3-5-9-19/h3-11H,12-17H2,1-2H3. The van der Waals surface area contributed by atoms with Gasteiger partial charge in [0.25, 0.3) is 5.91 Å². The molecule has 1 aromatic heterocycles. The van der Waals surface area contributed by atoms with Gasteiger partial charge < -0.3 is 19.3 Å². The average Bonchev–Trinajstić information content (AvgIpc) is 2.83. The Morgan fingerprint density at radius 2 is 1.66 bits per heavy atom. The van der Waals surface area contributed by atoms with Gasteiger partial charge in [0.2, 0.25) is 0 Å². The molecule has 1 fully saturated rings. The first-order valence-electron chi connectivity index (χ1n) is 10.7. The number of hydrogen-bond acceptors (Lipinski definition) is 6. The molecule has 0 spiro atoms. The molecule has 1 aliphatic heterocycles. The first-order chi connectivity index (χ1) is 15.6. The van der Waals surface area contributed by atoms with Gasteiger partial charge in [-0.1, -0.05) is 36.4 Å². The monoisotopic (exact) mass is 433 g/mol. The fraction of sp³-hybridized carbons (Fsp3) is 0.320. The number of anilines is 1. The second kappa shape index (κ2) is 9.78. The summed E-state index contributed by atoms with van der Waals surface area (Å²) in [5, 5.41) is 0.877. The molecule has 32 heavy (non-hydrogen) atoms. The zero-order chi connectivity index (χ0) is 22.5. The van der Waals surface area contributed by atoms with Crippen LogP contribution in [0.1, 0.15) is 21.6 Å². The lowest BCUT2D eigenvalue weighted by Crippen LogP contribution is -2.49. The number of carbonyl (C=O) groups excluding carboxylic acids is 2. The van der Waals surface area contributed by atoms with Gasteiger partial charge in [-0.2, -0.15) is 0 Å². The van der Waals surface area contributed by atoms with Crippen LogP contribution in [0.15, 0.2) is 54.6 Å². The summed E-state index contributed by atoms with van der Waals surface area (Å²) in [6, 6.07) is 17.8. The largest absolute Gasteiger partial charge is 0.452 e. The van der Waals surface area contributed by atoms with Crippen molar-refractivity contribution in [2.45, 2.75) is 13.5 Å². The van der Waals surface area contributed by atoms with Crippen LogP contribution in [0, 0.1) is 6.92 Å². The van der Waals surface area contributed by atoms with Crippen molar-refractivity contribution in [2.24, 2.45) is 0 Å². The average molecular weight is 434 g/mol. The van der Waals surface area contributed by atoms with E-state index in [0.717, 1.165) is 35.2 Å². The Kier molecular flexibility index (Phi) is 6.66. The molecule has 7 heteroatoms. The summed E-state index contributed by atoms with van der Waals surface area (Å²) in [4.78, 5) is 34.2. The van der Waals surface area contributed by atoms with Gasteiger partial charge in [0, 0.05) is 44.4 Å². The number of ether oxygens (including phenoxy) is 2. The van der Waals surface area contributed by atoms with Crippen LogP contribution < -0.4 is 4.90 Å². The van der Waals surface area contributed by atoms with E-state index in [2.05, 4.69) is 22.0 Å². The number of carbonyl (C=O) groups is 2. The van der Waals surface area contributed by atoms with Crippen LogP contribution in [-0.2, 0) is 20.9 Å². The predicted molar refractivity (Wildman–Crippen MR) is 123 cm³/mol. The number of methoxy groups -OCH3 is 1. The van der Waals surface area contributed by atoms with Crippen LogP contribution in [0.5, 0.6) is 0 Å². The van der Waals surface area contributed by atoms with Crippen molar-refractivity contribution in [1.29, 1.82) is 0 Å². The van der Waals surface area contributed by atoms with Crippen LogP contribution in [0.4, 0.5) is 5.69 Å². The molecule has 0 N–H and O–H groups in total. The third-order valence-electron chi connectivity index (χ3n) is 5.79. The molecule has 0 bridgehead atoms. The van der Waals surface area contributed by atoms with E-state index in [-0.39, 0.29) is 19.1 Å². The molecule has 166 valence electrons. The quantitative estimate of drug-likeness (QED) is 0.556. The smallest absolute Gasteiger partial charge is 0.340 e. The minimum Gasteiger partial charge on any atom is -0.452 e. The molecule has 2 heterocycles. The fourth-order valence-electron chi connectivity index (χ4n) is 4.10. The molecule has 4 rings (SSSR count). The highest BCUT2D eigenvalue weighted by molar-refractivity contribution is 5.99. The van der Waals surface area contributed by atoms with E-state index in [4.69, 9.17) is 9.47 Å². The minimum atomic E-state index is -0.552. The molecule has 1 amide bonds. The summed E-state index contributed by atoms with van der Waals surface area (Å²) in [6.45, 7) is 4.44. The van der Waals surface area contributed by atoms with Crippen LogP contribution in [0.2, 0.25) is 0 Å². The fourth-order valence-corrected chi connectivity index (χ4v) is 4.10. The van der Waals surface area contributed by atoms with Crippen molar-refractivity contribution in [2.75, 3.05) is 44.8 Å². The summed E-state index contributed by atoms with van der Waals surface area (Å²) in [6.07, 6.45) is 0. The number of aryl methyl sites for hydroxylation is 1. The van der Waals surface area contributed by atoms with Gasteiger partial charge in [-0.05, 0) is 30.7 Å². The third kappa shape index (κ3) is 4.57. The molecule has 0 saturated carbocycles. The summed E-state index contributed by atoms with van der Waals surface area (Å²) in [5.74, 6) is -0.741. The summed E-state index contributed by atoms with van der Waals surface area (Å²) in [5.41, 5.74) is 3.60. The van der Waals surface area contributed by atoms with Gasteiger partial charge in [-0.3, -0.25) is 4.79 Å². The Labute approximate surface area is 187 Å². The highest BCUT2D eigenvalue weighted by Gasteiger charge is 2.24. The lowest BCUT2D eigenvalue weighted by molar-refractivity contribution is -0.134. The van der Waals surface area contributed by atoms with Crippen molar-refractivity contribution in [3.8, 4) is 0 Å². The van der Waals surface area contributed by atoms with Crippen molar-refractivity contribution in [3.63, 3.8) is 0 Å². The molecule has 0 aliphatic carbocycles. The van der Waals surface area contributed by atoms with E-state index in [1.807, 2.05) is 49.4 Å². The first kappa shape index (κ1) is 21.8. The van der Waals surface area contributed by atoms with Gasteiger partial charge in [-0.15, -0.1) is 0 Å². The molecule has 1 saturated heterocycles. The van der Waals surface area contributed by atoms with Gasteiger partial charge in [-0.25, -0.2) is 9.78 Å². The number of rotatable bonds is 6. The number of hydrogen-bond donors (Lipinski definition) is 0. The maximum atomic E-state index is 12.9. The van der Waals surface area contributed by atoms with Gasteiger partial charge in [0.1, 0.15) is 0 Å². The highest BCUT2D eigenvalue weighted by Crippen LogP contribution is 2.24. The minimum absolute atomic E-state index is 0.186. The Morgan fingerprint density at radius 3 is 2.38 bits per heavy atom. The van der Waals surface area contributed by atoms with Crippen molar-refractivity contribution >= 4 is 28.5 Å².